The Kier molecular flexibility index (Phi) is 7.47. The Morgan fingerprint density at radius 3 is 2.48 bits per heavy atom. The largest absolute Gasteiger partial charge is 0.374 e. The molecule has 2 N–H and O–H groups in total. The lowest BCUT2D eigenvalue weighted by Gasteiger charge is -2.36. The summed E-state index contributed by atoms with van der Waals surface area (Å²) in [7, 11) is 0. The van der Waals surface area contributed by atoms with E-state index in [1.807, 2.05) is 32.1 Å². The van der Waals surface area contributed by atoms with Crippen LogP contribution in [0.2, 0.25) is 0 Å². The molecule has 25 heavy (non-hydrogen) atoms. The number of rotatable bonds is 7. The van der Waals surface area contributed by atoms with Crippen LogP contribution in [0.1, 0.15) is 45.2 Å². The predicted molar refractivity (Wildman–Crippen MR) is 103 cm³/mol. The van der Waals surface area contributed by atoms with Crippen LogP contribution >= 0.6 is 0 Å². The highest BCUT2D eigenvalue weighted by Gasteiger charge is 2.23. The molecule has 0 bridgehead atoms. The molecule has 0 saturated carbocycles. The van der Waals surface area contributed by atoms with E-state index in [0.717, 1.165) is 31.6 Å². The smallest absolute Gasteiger partial charge is 0.319 e. The first kappa shape index (κ1) is 19.5. The molecule has 1 aliphatic heterocycles. The first-order valence-corrected chi connectivity index (χ1v) is 9.13. The van der Waals surface area contributed by atoms with Crippen molar-refractivity contribution in [3.05, 3.63) is 42.5 Å². The van der Waals surface area contributed by atoms with Crippen LogP contribution in [-0.4, -0.2) is 42.8 Å². The Hall–Kier alpha value is -1.85. The molecule has 1 heterocycles. The van der Waals surface area contributed by atoms with Gasteiger partial charge in [0.2, 0.25) is 0 Å². The molecule has 2 rings (SSSR count). The maximum absolute atomic E-state index is 11.7. The lowest BCUT2D eigenvalue weighted by atomic mass is 10.0. The second-order valence-electron chi connectivity index (χ2n) is 6.91. The van der Waals surface area contributed by atoms with E-state index in [4.69, 9.17) is 4.74 Å². The van der Waals surface area contributed by atoms with Crippen LogP contribution in [-0.2, 0) is 4.74 Å². The average Bonchev–Trinajstić information content (AvgIpc) is 2.59. The fourth-order valence-corrected chi connectivity index (χ4v) is 3.12. The monoisotopic (exact) mass is 345 g/mol. The lowest BCUT2D eigenvalue weighted by Crippen LogP contribution is -2.38. The van der Waals surface area contributed by atoms with E-state index in [9.17, 15) is 4.79 Å². The third-order valence-corrected chi connectivity index (χ3v) is 4.54. The topological polar surface area (TPSA) is 53.6 Å². The van der Waals surface area contributed by atoms with Crippen molar-refractivity contribution < 1.29 is 9.53 Å². The van der Waals surface area contributed by atoms with Gasteiger partial charge in [0, 0.05) is 30.9 Å². The predicted octanol–water partition coefficient (Wildman–Crippen LogP) is 3.94. The van der Waals surface area contributed by atoms with Crippen LogP contribution in [0.3, 0.4) is 0 Å². The Bertz CT molecular complexity index is 549. The van der Waals surface area contributed by atoms with Crippen LogP contribution in [0.25, 0.3) is 0 Å². The standard InChI is InChI=1S/C20H31N3O2/c1-5-14-25-19-10-12-23(13-11-19)16(4)17-6-8-18(9-7-17)22-20(24)21-15(2)3/h5-9,15-16,19H,1,10-14H2,2-4H3,(H2,21,22,24)/t16-/m1/s1. The summed E-state index contributed by atoms with van der Waals surface area (Å²) in [4.78, 5) is 14.2. The van der Waals surface area contributed by atoms with Gasteiger partial charge >= 0.3 is 6.03 Å². The molecule has 0 unspecified atom stereocenters. The molecular weight excluding hydrogens is 314 g/mol. The third kappa shape index (κ3) is 6.18. The normalized spacial score (nSPS) is 17.3. The number of likely N-dealkylation sites (tertiary alicyclic amines) is 1. The Morgan fingerprint density at radius 2 is 1.92 bits per heavy atom. The van der Waals surface area contributed by atoms with Gasteiger partial charge in [-0.2, -0.15) is 0 Å². The molecule has 1 aliphatic rings. The molecular formula is C20H31N3O2. The number of benzene rings is 1. The van der Waals surface area contributed by atoms with Crippen molar-refractivity contribution in [2.45, 2.75) is 51.8 Å². The van der Waals surface area contributed by atoms with Gasteiger partial charge in [-0.25, -0.2) is 4.79 Å². The molecule has 0 radical (unpaired) electrons. The quantitative estimate of drug-likeness (QED) is 0.736. The summed E-state index contributed by atoms with van der Waals surface area (Å²) < 4.78 is 5.76. The summed E-state index contributed by atoms with van der Waals surface area (Å²) in [5.41, 5.74) is 2.07. The van der Waals surface area contributed by atoms with Gasteiger partial charge in [0.25, 0.3) is 0 Å². The highest BCUT2D eigenvalue weighted by Crippen LogP contribution is 2.26. The number of urea groups is 1. The molecule has 138 valence electrons. The first-order chi connectivity index (χ1) is 12.0. The maximum atomic E-state index is 11.7. The van der Waals surface area contributed by atoms with Crippen molar-refractivity contribution in [3.63, 3.8) is 0 Å². The zero-order valence-corrected chi connectivity index (χ0v) is 15.6. The van der Waals surface area contributed by atoms with Gasteiger partial charge in [0.15, 0.2) is 0 Å². The van der Waals surface area contributed by atoms with Gasteiger partial charge in [-0.15, -0.1) is 6.58 Å². The molecule has 1 aromatic carbocycles. The molecule has 0 aromatic heterocycles. The number of piperidine rings is 1. The van der Waals surface area contributed by atoms with Crippen molar-refractivity contribution >= 4 is 11.7 Å². The molecule has 5 heteroatoms. The summed E-state index contributed by atoms with van der Waals surface area (Å²) in [5, 5.41) is 5.68. The van der Waals surface area contributed by atoms with E-state index in [1.165, 1.54) is 5.56 Å². The van der Waals surface area contributed by atoms with Crippen molar-refractivity contribution in [2.24, 2.45) is 0 Å². The van der Waals surface area contributed by atoms with Crippen molar-refractivity contribution in [1.29, 1.82) is 0 Å². The summed E-state index contributed by atoms with van der Waals surface area (Å²) in [6, 6.07) is 8.43. The minimum atomic E-state index is -0.169. The number of anilines is 1. The van der Waals surface area contributed by atoms with Gasteiger partial charge in [0.1, 0.15) is 0 Å². The SMILES string of the molecule is C=CCOC1CCN([C@H](C)c2ccc(NC(=O)NC(C)C)cc2)CC1. The number of nitrogens with zero attached hydrogens (tertiary/aromatic N) is 1. The molecule has 5 nitrogen and oxygen atoms in total. The van der Waals surface area contributed by atoms with Crippen molar-refractivity contribution in [1.82, 2.24) is 10.2 Å². The van der Waals surface area contributed by atoms with Gasteiger partial charge in [-0.3, -0.25) is 4.90 Å². The zero-order valence-electron chi connectivity index (χ0n) is 15.6. The van der Waals surface area contributed by atoms with Gasteiger partial charge < -0.3 is 15.4 Å². The molecule has 1 aromatic rings. The fraction of sp³-hybridized carbons (Fsp3) is 0.550. The third-order valence-electron chi connectivity index (χ3n) is 4.54. The van der Waals surface area contributed by atoms with E-state index >= 15 is 0 Å². The van der Waals surface area contributed by atoms with E-state index in [-0.39, 0.29) is 12.1 Å². The second kappa shape index (κ2) is 9.59. The van der Waals surface area contributed by atoms with E-state index in [1.54, 1.807) is 0 Å². The van der Waals surface area contributed by atoms with E-state index in [2.05, 4.69) is 41.2 Å². The number of hydrogen-bond donors (Lipinski definition) is 2. The van der Waals surface area contributed by atoms with Crippen LogP contribution in [0, 0.1) is 0 Å². The lowest BCUT2D eigenvalue weighted by molar-refractivity contribution is 0.0126. The molecule has 0 aliphatic carbocycles. The van der Waals surface area contributed by atoms with E-state index in [0.29, 0.717) is 18.8 Å². The van der Waals surface area contributed by atoms with E-state index < -0.39 is 0 Å². The minimum absolute atomic E-state index is 0.123. The van der Waals surface area contributed by atoms with Crippen LogP contribution in [0.5, 0.6) is 0 Å². The summed E-state index contributed by atoms with van der Waals surface area (Å²) in [5.74, 6) is 0. The number of ether oxygens (including phenoxy) is 1. The van der Waals surface area contributed by atoms with Crippen molar-refractivity contribution in [3.8, 4) is 0 Å². The average molecular weight is 345 g/mol. The number of nitrogens with one attached hydrogen (secondary N) is 2. The molecule has 1 atom stereocenters. The Labute approximate surface area is 151 Å². The van der Waals surface area contributed by atoms with Gasteiger partial charge in [-0.05, 0) is 51.3 Å². The number of carbonyl (C=O) groups is 1. The Morgan fingerprint density at radius 1 is 1.28 bits per heavy atom. The second-order valence-corrected chi connectivity index (χ2v) is 6.91. The molecule has 1 fully saturated rings. The zero-order chi connectivity index (χ0) is 18.2. The molecule has 1 saturated heterocycles. The maximum Gasteiger partial charge on any atom is 0.319 e. The summed E-state index contributed by atoms with van der Waals surface area (Å²) >= 11 is 0. The molecule has 0 spiro atoms. The van der Waals surface area contributed by atoms with Crippen molar-refractivity contribution in [2.75, 3.05) is 25.0 Å². The van der Waals surface area contributed by atoms with Gasteiger partial charge in [-0.1, -0.05) is 18.2 Å². The van der Waals surface area contributed by atoms with Crippen LogP contribution in [0.15, 0.2) is 36.9 Å². The van der Waals surface area contributed by atoms with Gasteiger partial charge in [0.05, 0.1) is 12.7 Å². The first-order valence-electron chi connectivity index (χ1n) is 9.13. The van der Waals surface area contributed by atoms with Crippen LogP contribution < -0.4 is 10.6 Å². The minimum Gasteiger partial charge on any atom is -0.374 e. The fourth-order valence-electron chi connectivity index (χ4n) is 3.12. The summed E-state index contributed by atoms with van der Waals surface area (Å²) in [6.07, 6.45) is 4.29. The molecule has 2 amide bonds. The number of amides is 2. The number of hydrogen-bond acceptors (Lipinski definition) is 3. The highest BCUT2D eigenvalue weighted by molar-refractivity contribution is 5.89. The Balaban J connectivity index is 1.85. The summed E-state index contributed by atoms with van der Waals surface area (Å²) in [6.45, 7) is 12.5. The number of carbonyl (C=O) groups excluding carboxylic acids is 1. The highest BCUT2D eigenvalue weighted by atomic mass is 16.5. The van der Waals surface area contributed by atoms with Crippen LogP contribution in [0.4, 0.5) is 10.5 Å².